The van der Waals surface area contributed by atoms with E-state index in [2.05, 4.69) is 31.3 Å². The second-order valence-electron chi connectivity index (χ2n) is 3.98. The van der Waals surface area contributed by atoms with Crippen LogP contribution in [0.2, 0.25) is 5.15 Å². The number of nitrogens with zero attached hydrogens (tertiary/aromatic N) is 3. The van der Waals surface area contributed by atoms with Gasteiger partial charge in [-0.1, -0.05) is 11.6 Å². The molecule has 0 spiro atoms. The molecule has 0 aliphatic heterocycles. The second kappa shape index (κ2) is 6.81. The maximum Gasteiger partial charge on any atom is 0.224 e. The quantitative estimate of drug-likeness (QED) is 0.888. The largest absolute Gasteiger partial charge is 0.322 e. The number of amides is 1. The number of aromatic nitrogens is 3. The van der Waals surface area contributed by atoms with Crippen molar-refractivity contribution in [2.75, 3.05) is 12.0 Å². The minimum Gasteiger partial charge on any atom is -0.322 e. The highest BCUT2D eigenvalue weighted by Crippen LogP contribution is 2.23. The summed E-state index contributed by atoms with van der Waals surface area (Å²) in [5.41, 5.74) is 1.08. The van der Waals surface area contributed by atoms with Crippen molar-refractivity contribution in [3.8, 4) is 5.69 Å². The predicted molar refractivity (Wildman–Crippen MR) is 77.9 cm³/mol. The van der Waals surface area contributed by atoms with Crippen LogP contribution < -0.4 is 5.32 Å². The van der Waals surface area contributed by atoms with E-state index in [-0.39, 0.29) is 23.9 Å². The molecule has 20 heavy (non-hydrogen) atoms. The fourth-order valence-corrected chi connectivity index (χ4v) is 2.07. The molecule has 2 aromatic heterocycles. The molecule has 5 nitrogen and oxygen atoms in total. The number of hydrogen-bond donors (Lipinski definition) is 1. The molecule has 1 N–H and O–H groups in total. The Balaban J connectivity index is 2.15. The van der Waals surface area contributed by atoms with E-state index in [1.54, 1.807) is 18.6 Å². The van der Waals surface area contributed by atoms with Crippen molar-refractivity contribution in [1.29, 1.82) is 0 Å². The zero-order chi connectivity index (χ0) is 14.5. The Labute approximate surface area is 128 Å². The fourth-order valence-electron chi connectivity index (χ4n) is 1.54. The van der Waals surface area contributed by atoms with Crippen molar-refractivity contribution >= 4 is 39.1 Å². The first-order valence-corrected chi connectivity index (χ1v) is 6.99. The van der Waals surface area contributed by atoms with Gasteiger partial charge in [-0.15, -0.1) is 0 Å². The van der Waals surface area contributed by atoms with Crippen molar-refractivity contribution in [3.05, 3.63) is 34.3 Å². The molecule has 0 bridgehead atoms. The third-order valence-electron chi connectivity index (χ3n) is 2.44. The van der Waals surface area contributed by atoms with E-state index in [1.807, 2.05) is 6.07 Å². The van der Waals surface area contributed by atoms with Crippen LogP contribution in [0.5, 0.6) is 0 Å². The van der Waals surface area contributed by atoms with E-state index in [9.17, 15) is 9.18 Å². The maximum absolute atomic E-state index is 12.0. The van der Waals surface area contributed by atoms with E-state index in [4.69, 9.17) is 11.6 Å². The van der Waals surface area contributed by atoms with Crippen LogP contribution in [0.15, 0.2) is 29.1 Å². The first kappa shape index (κ1) is 14.9. The number of pyridine rings is 1. The molecule has 106 valence electrons. The normalized spacial score (nSPS) is 10.6. The van der Waals surface area contributed by atoms with Crippen molar-refractivity contribution in [3.63, 3.8) is 0 Å². The van der Waals surface area contributed by atoms with Gasteiger partial charge < -0.3 is 5.32 Å². The summed E-state index contributed by atoms with van der Waals surface area (Å²) in [6.45, 7) is -0.524. The molecule has 0 fully saturated rings. The van der Waals surface area contributed by atoms with Crippen LogP contribution in [0.1, 0.15) is 12.8 Å². The molecule has 0 unspecified atom stereocenters. The molecule has 0 saturated heterocycles. The smallest absolute Gasteiger partial charge is 0.224 e. The Morgan fingerprint density at radius 2 is 2.30 bits per heavy atom. The average molecular weight is 362 g/mol. The summed E-state index contributed by atoms with van der Waals surface area (Å²) in [6.07, 6.45) is 5.14. The zero-order valence-corrected chi connectivity index (χ0v) is 12.7. The maximum atomic E-state index is 12.0. The van der Waals surface area contributed by atoms with Crippen LogP contribution in [0.3, 0.4) is 0 Å². The Kier molecular flexibility index (Phi) is 5.08. The third kappa shape index (κ3) is 3.77. The SMILES string of the molecule is O=C(CCCF)Nc1cn(-c2cncc(Br)c2)nc1Cl. The lowest BCUT2D eigenvalue weighted by Crippen LogP contribution is -2.11. The lowest BCUT2D eigenvalue weighted by molar-refractivity contribution is -0.116. The number of carbonyl (C=O) groups excluding carboxylic acids is 1. The van der Waals surface area contributed by atoms with E-state index in [0.29, 0.717) is 11.4 Å². The number of alkyl halides is 1. The fraction of sp³-hybridized carbons (Fsp3) is 0.250. The number of hydrogen-bond acceptors (Lipinski definition) is 3. The Morgan fingerprint density at radius 1 is 1.50 bits per heavy atom. The Hall–Kier alpha value is -1.47. The predicted octanol–water partition coefficient (Wildman–Crippen LogP) is 3.37. The highest BCUT2D eigenvalue weighted by molar-refractivity contribution is 9.10. The summed E-state index contributed by atoms with van der Waals surface area (Å²) in [7, 11) is 0. The standard InChI is InChI=1S/C12H11BrClFN4O/c13-8-4-9(6-16-5-8)19-7-10(12(14)18-19)17-11(20)2-1-3-15/h4-7H,1-3H2,(H,17,20). The summed E-state index contributed by atoms with van der Waals surface area (Å²) < 4.78 is 14.3. The summed E-state index contributed by atoms with van der Waals surface area (Å²) >= 11 is 9.27. The summed E-state index contributed by atoms with van der Waals surface area (Å²) in [5, 5.41) is 6.85. The molecule has 2 aromatic rings. The molecule has 0 saturated carbocycles. The van der Waals surface area contributed by atoms with E-state index in [0.717, 1.165) is 4.47 Å². The minimum atomic E-state index is -0.524. The van der Waals surface area contributed by atoms with Crippen LogP contribution in [0.25, 0.3) is 5.69 Å². The van der Waals surface area contributed by atoms with Crippen molar-refractivity contribution < 1.29 is 9.18 Å². The molecule has 1 amide bonds. The third-order valence-corrected chi connectivity index (χ3v) is 3.15. The molecule has 2 heterocycles. The molecule has 0 radical (unpaired) electrons. The Morgan fingerprint density at radius 3 is 3.00 bits per heavy atom. The monoisotopic (exact) mass is 360 g/mol. The van der Waals surface area contributed by atoms with Gasteiger partial charge in [0.2, 0.25) is 5.91 Å². The number of anilines is 1. The van der Waals surface area contributed by atoms with Gasteiger partial charge in [0, 0.05) is 17.1 Å². The molecule has 8 heteroatoms. The van der Waals surface area contributed by atoms with Gasteiger partial charge in [-0.3, -0.25) is 14.2 Å². The van der Waals surface area contributed by atoms with Crippen molar-refractivity contribution in [2.45, 2.75) is 12.8 Å². The van der Waals surface area contributed by atoms with E-state index >= 15 is 0 Å². The van der Waals surface area contributed by atoms with E-state index < -0.39 is 6.67 Å². The second-order valence-corrected chi connectivity index (χ2v) is 5.25. The molecule has 0 aliphatic carbocycles. The van der Waals surface area contributed by atoms with Gasteiger partial charge in [-0.25, -0.2) is 4.68 Å². The lowest BCUT2D eigenvalue weighted by Gasteiger charge is -2.01. The van der Waals surface area contributed by atoms with Crippen LogP contribution in [-0.2, 0) is 4.79 Å². The molecule has 2 rings (SSSR count). The highest BCUT2D eigenvalue weighted by atomic mass is 79.9. The Bertz CT molecular complexity index is 619. The number of carbonyl (C=O) groups is 1. The van der Waals surface area contributed by atoms with Crippen LogP contribution in [-0.4, -0.2) is 27.3 Å². The minimum absolute atomic E-state index is 0.108. The van der Waals surface area contributed by atoms with Gasteiger partial charge in [0.1, 0.15) is 0 Å². The van der Waals surface area contributed by atoms with Gasteiger partial charge in [-0.05, 0) is 28.4 Å². The molecule has 0 atom stereocenters. The van der Waals surface area contributed by atoms with Crippen molar-refractivity contribution in [1.82, 2.24) is 14.8 Å². The van der Waals surface area contributed by atoms with Gasteiger partial charge in [0.25, 0.3) is 0 Å². The van der Waals surface area contributed by atoms with Gasteiger partial charge in [0.15, 0.2) is 5.15 Å². The number of halogens is 3. The van der Waals surface area contributed by atoms with Crippen LogP contribution in [0, 0.1) is 0 Å². The van der Waals surface area contributed by atoms with Crippen LogP contribution in [0.4, 0.5) is 10.1 Å². The molecular formula is C12H11BrClFN4O. The van der Waals surface area contributed by atoms with Gasteiger partial charge in [0.05, 0.1) is 30.4 Å². The first-order valence-electron chi connectivity index (χ1n) is 5.82. The van der Waals surface area contributed by atoms with E-state index in [1.165, 1.54) is 4.68 Å². The van der Waals surface area contributed by atoms with Gasteiger partial charge in [-0.2, -0.15) is 5.10 Å². The summed E-state index contributed by atoms with van der Waals surface area (Å²) in [4.78, 5) is 15.6. The van der Waals surface area contributed by atoms with Crippen LogP contribution >= 0.6 is 27.5 Å². The summed E-state index contributed by atoms with van der Waals surface area (Å²) in [5.74, 6) is -0.295. The first-order chi connectivity index (χ1) is 9.60. The molecular weight excluding hydrogens is 351 g/mol. The van der Waals surface area contributed by atoms with Gasteiger partial charge >= 0.3 is 0 Å². The lowest BCUT2D eigenvalue weighted by atomic mass is 10.3. The summed E-state index contributed by atoms with van der Waals surface area (Å²) in [6, 6.07) is 1.81. The molecule has 0 aliphatic rings. The average Bonchev–Trinajstić information content (AvgIpc) is 2.78. The van der Waals surface area contributed by atoms with Crippen molar-refractivity contribution in [2.24, 2.45) is 0 Å². The molecule has 0 aromatic carbocycles. The highest BCUT2D eigenvalue weighted by Gasteiger charge is 2.11. The number of nitrogens with one attached hydrogen (secondary N) is 1. The number of rotatable bonds is 5. The topological polar surface area (TPSA) is 59.8 Å². The zero-order valence-electron chi connectivity index (χ0n) is 10.3.